The van der Waals surface area contributed by atoms with Gasteiger partial charge in [-0.3, -0.25) is 14.5 Å². The minimum atomic E-state index is -0.892. The second-order valence-electron chi connectivity index (χ2n) is 4.72. The first-order chi connectivity index (χ1) is 9.38. The molecule has 0 aliphatic rings. The standard InChI is InChI=1S/C14H19FN2O3/c1-10(11-3-5-12(15)6-4-11)16-13(18)9-17(2)8-7-14(19)20/h3-6,10H,7-9H2,1-2H3,(H,16,18)(H,19,20). The minimum absolute atomic E-state index is 0.00268. The van der Waals surface area contributed by atoms with Gasteiger partial charge in [0.2, 0.25) is 5.91 Å². The molecule has 1 aromatic carbocycles. The number of likely N-dealkylation sites (N-methyl/N-ethyl adjacent to an activating group) is 1. The smallest absolute Gasteiger partial charge is 0.304 e. The molecular weight excluding hydrogens is 263 g/mol. The summed E-state index contributed by atoms with van der Waals surface area (Å²) in [6.45, 7) is 2.24. The molecule has 20 heavy (non-hydrogen) atoms. The molecule has 1 unspecified atom stereocenters. The lowest BCUT2D eigenvalue weighted by Crippen LogP contribution is -2.37. The van der Waals surface area contributed by atoms with Gasteiger partial charge in [0.25, 0.3) is 0 Å². The summed E-state index contributed by atoms with van der Waals surface area (Å²) in [5.74, 6) is -1.41. The predicted molar refractivity (Wildman–Crippen MR) is 72.7 cm³/mol. The van der Waals surface area contributed by atoms with Crippen LogP contribution in [0.15, 0.2) is 24.3 Å². The van der Waals surface area contributed by atoms with Crippen molar-refractivity contribution < 1.29 is 19.1 Å². The lowest BCUT2D eigenvalue weighted by molar-refractivity contribution is -0.137. The molecule has 0 saturated carbocycles. The van der Waals surface area contributed by atoms with E-state index in [1.165, 1.54) is 12.1 Å². The van der Waals surface area contributed by atoms with Crippen molar-refractivity contribution >= 4 is 11.9 Å². The average molecular weight is 282 g/mol. The molecule has 1 atom stereocenters. The number of carbonyl (C=O) groups is 2. The first-order valence-electron chi connectivity index (χ1n) is 6.33. The molecule has 0 radical (unpaired) electrons. The van der Waals surface area contributed by atoms with E-state index >= 15 is 0 Å². The van der Waals surface area contributed by atoms with E-state index in [2.05, 4.69) is 5.32 Å². The van der Waals surface area contributed by atoms with Crippen LogP contribution in [0.3, 0.4) is 0 Å². The Hall–Kier alpha value is -1.95. The fourth-order valence-electron chi connectivity index (χ4n) is 1.73. The number of nitrogens with zero attached hydrogens (tertiary/aromatic N) is 1. The zero-order chi connectivity index (χ0) is 15.1. The fraction of sp³-hybridized carbons (Fsp3) is 0.429. The summed E-state index contributed by atoms with van der Waals surface area (Å²) < 4.78 is 12.8. The maximum atomic E-state index is 12.8. The van der Waals surface area contributed by atoms with E-state index in [1.54, 1.807) is 24.1 Å². The quantitative estimate of drug-likeness (QED) is 0.793. The Bertz CT molecular complexity index is 462. The molecule has 0 spiro atoms. The van der Waals surface area contributed by atoms with Crippen LogP contribution in [0, 0.1) is 5.82 Å². The second-order valence-corrected chi connectivity index (χ2v) is 4.72. The highest BCUT2D eigenvalue weighted by molar-refractivity contribution is 5.78. The largest absolute Gasteiger partial charge is 0.481 e. The van der Waals surface area contributed by atoms with Crippen molar-refractivity contribution in [1.29, 1.82) is 0 Å². The van der Waals surface area contributed by atoms with Crippen molar-refractivity contribution in [1.82, 2.24) is 10.2 Å². The number of carboxylic acid groups (broad SMARTS) is 1. The fourth-order valence-corrected chi connectivity index (χ4v) is 1.73. The molecule has 2 N–H and O–H groups in total. The maximum Gasteiger partial charge on any atom is 0.304 e. The molecule has 0 fully saturated rings. The van der Waals surface area contributed by atoms with Crippen molar-refractivity contribution in [2.45, 2.75) is 19.4 Å². The van der Waals surface area contributed by atoms with Gasteiger partial charge in [-0.25, -0.2) is 4.39 Å². The molecule has 0 saturated heterocycles. The van der Waals surface area contributed by atoms with Crippen LogP contribution in [0.1, 0.15) is 24.9 Å². The van der Waals surface area contributed by atoms with Gasteiger partial charge >= 0.3 is 5.97 Å². The summed E-state index contributed by atoms with van der Waals surface area (Å²) in [7, 11) is 1.69. The third kappa shape index (κ3) is 5.79. The van der Waals surface area contributed by atoms with Crippen LogP contribution in [-0.4, -0.2) is 42.0 Å². The van der Waals surface area contributed by atoms with E-state index in [4.69, 9.17) is 5.11 Å². The highest BCUT2D eigenvalue weighted by atomic mass is 19.1. The molecule has 6 heteroatoms. The van der Waals surface area contributed by atoms with Crippen LogP contribution in [0.25, 0.3) is 0 Å². The number of carboxylic acids is 1. The monoisotopic (exact) mass is 282 g/mol. The highest BCUT2D eigenvalue weighted by Gasteiger charge is 2.12. The van der Waals surface area contributed by atoms with Gasteiger partial charge in [0.15, 0.2) is 0 Å². The number of halogens is 1. The number of hydrogen-bond donors (Lipinski definition) is 2. The normalized spacial score (nSPS) is 12.2. The van der Waals surface area contributed by atoms with E-state index < -0.39 is 5.97 Å². The zero-order valence-corrected chi connectivity index (χ0v) is 11.6. The minimum Gasteiger partial charge on any atom is -0.481 e. The molecule has 0 bridgehead atoms. The zero-order valence-electron chi connectivity index (χ0n) is 11.6. The van der Waals surface area contributed by atoms with Gasteiger partial charge in [0.05, 0.1) is 19.0 Å². The van der Waals surface area contributed by atoms with E-state index in [-0.39, 0.29) is 30.7 Å². The average Bonchev–Trinajstić information content (AvgIpc) is 2.36. The van der Waals surface area contributed by atoms with Crippen molar-refractivity contribution in [3.05, 3.63) is 35.6 Å². The third-order valence-electron chi connectivity index (χ3n) is 2.87. The van der Waals surface area contributed by atoms with Gasteiger partial charge < -0.3 is 10.4 Å². The topological polar surface area (TPSA) is 69.6 Å². The molecule has 0 aliphatic carbocycles. The van der Waals surface area contributed by atoms with Crippen molar-refractivity contribution in [3.63, 3.8) is 0 Å². The van der Waals surface area contributed by atoms with Gasteiger partial charge in [-0.05, 0) is 31.7 Å². The molecule has 0 aliphatic heterocycles. The molecule has 1 amide bonds. The van der Waals surface area contributed by atoms with E-state index in [0.29, 0.717) is 6.54 Å². The number of amides is 1. The van der Waals surface area contributed by atoms with E-state index in [9.17, 15) is 14.0 Å². The van der Waals surface area contributed by atoms with Crippen LogP contribution in [0.5, 0.6) is 0 Å². The summed E-state index contributed by atoms with van der Waals surface area (Å²) in [6, 6.07) is 5.70. The maximum absolute atomic E-state index is 12.8. The molecule has 0 heterocycles. The Morgan fingerprint density at radius 2 is 1.95 bits per heavy atom. The molecule has 1 aromatic rings. The van der Waals surface area contributed by atoms with Crippen molar-refractivity contribution in [3.8, 4) is 0 Å². The van der Waals surface area contributed by atoms with Crippen molar-refractivity contribution in [2.75, 3.05) is 20.1 Å². The summed E-state index contributed by atoms with van der Waals surface area (Å²) in [4.78, 5) is 23.8. The van der Waals surface area contributed by atoms with Crippen LogP contribution in [0.4, 0.5) is 4.39 Å². The van der Waals surface area contributed by atoms with Gasteiger partial charge in [-0.1, -0.05) is 12.1 Å². The van der Waals surface area contributed by atoms with Crippen LogP contribution in [-0.2, 0) is 9.59 Å². The molecule has 1 rings (SSSR count). The summed E-state index contributed by atoms with van der Waals surface area (Å²) >= 11 is 0. The summed E-state index contributed by atoms with van der Waals surface area (Å²) in [5.41, 5.74) is 0.813. The number of carbonyl (C=O) groups excluding carboxylic acids is 1. The Morgan fingerprint density at radius 3 is 2.50 bits per heavy atom. The van der Waals surface area contributed by atoms with Crippen LogP contribution in [0.2, 0.25) is 0 Å². The first-order valence-corrected chi connectivity index (χ1v) is 6.33. The molecule has 0 aromatic heterocycles. The lowest BCUT2D eigenvalue weighted by Gasteiger charge is -2.18. The molecule has 110 valence electrons. The second kappa shape index (κ2) is 7.59. The van der Waals surface area contributed by atoms with Gasteiger partial charge in [-0.2, -0.15) is 0 Å². The SMILES string of the molecule is CC(NC(=O)CN(C)CCC(=O)O)c1ccc(F)cc1. The van der Waals surface area contributed by atoms with E-state index in [1.807, 2.05) is 6.92 Å². The summed E-state index contributed by atoms with van der Waals surface area (Å²) in [5, 5.41) is 11.3. The summed E-state index contributed by atoms with van der Waals surface area (Å²) in [6.07, 6.45) is -0.00268. The van der Waals surface area contributed by atoms with Crippen LogP contribution >= 0.6 is 0 Å². The van der Waals surface area contributed by atoms with E-state index in [0.717, 1.165) is 5.56 Å². The highest BCUT2D eigenvalue weighted by Crippen LogP contribution is 2.12. The van der Waals surface area contributed by atoms with Crippen molar-refractivity contribution in [2.24, 2.45) is 0 Å². The van der Waals surface area contributed by atoms with Gasteiger partial charge in [0.1, 0.15) is 5.82 Å². The number of benzene rings is 1. The molecular formula is C14H19FN2O3. The predicted octanol–water partition coefficient (Wildman–Crippen LogP) is 1.41. The van der Waals surface area contributed by atoms with Crippen LogP contribution < -0.4 is 5.32 Å². The number of rotatable bonds is 7. The Kier molecular flexibility index (Phi) is 6.11. The van der Waals surface area contributed by atoms with Gasteiger partial charge in [0, 0.05) is 6.54 Å². The van der Waals surface area contributed by atoms with Gasteiger partial charge in [-0.15, -0.1) is 0 Å². The Labute approximate surface area is 117 Å². The third-order valence-corrected chi connectivity index (χ3v) is 2.87. The molecule has 5 nitrogen and oxygen atoms in total. The lowest BCUT2D eigenvalue weighted by atomic mass is 10.1. The Balaban J connectivity index is 2.41. The Morgan fingerprint density at radius 1 is 1.35 bits per heavy atom. The number of hydrogen-bond acceptors (Lipinski definition) is 3. The number of aliphatic carboxylic acids is 1. The number of nitrogens with one attached hydrogen (secondary N) is 1. The first kappa shape index (κ1) is 16.1.